The minimum absolute atomic E-state index is 0.0184. The summed E-state index contributed by atoms with van der Waals surface area (Å²) in [5, 5.41) is 15.6. The number of carbonyl (C=O) groups excluding carboxylic acids is 12. The number of nitrogens with one attached hydrogen (secondary N) is 6. The Bertz CT molecular complexity index is 2250. The number of Topliss-reactive ketones (excluding diaryl/α,β-unsaturated/α-hetero) is 5. The molecule has 409 valence electrons. The molecule has 2 aromatic carbocycles. The third-order valence-corrected chi connectivity index (χ3v) is 12.8. The van der Waals surface area contributed by atoms with Crippen LogP contribution in [-0.4, -0.2) is 115 Å². The van der Waals surface area contributed by atoms with Gasteiger partial charge in [-0.15, -0.1) is 0 Å². The third-order valence-electron chi connectivity index (χ3n) is 12.0. The third kappa shape index (κ3) is 28.3. The van der Waals surface area contributed by atoms with Crippen LogP contribution < -0.4 is 31.9 Å². The first-order chi connectivity index (χ1) is 35.6. The van der Waals surface area contributed by atoms with Crippen molar-refractivity contribution in [1.29, 1.82) is 0 Å². The van der Waals surface area contributed by atoms with Gasteiger partial charge in [0.1, 0.15) is 24.3 Å². The smallest absolute Gasteiger partial charge is 0.242 e. The molecule has 0 fully saturated rings. The Morgan fingerprint density at radius 2 is 0.960 bits per heavy atom. The van der Waals surface area contributed by atoms with Gasteiger partial charge >= 0.3 is 0 Å². The van der Waals surface area contributed by atoms with Crippen LogP contribution in [0.25, 0.3) is 0 Å². The summed E-state index contributed by atoms with van der Waals surface area (Å²) in [5.74, 6) is -7.34. The number of amides is 6. The van der Waals surface area contributed by atoms with Crippen LogP contribution in [0.5, 0.6) is 0 Å². The van der Waals surface area contributed by atoms with Crippen molar-refractivity contribution in [2.45, 2.75) is 156 Å². The van der Waals surface area contributed by atoms with Gasteiger partial charge < -0.3 is 36.7 Å². The molecule has 1 radical (unpaired) electrons. The first-order valence-electron chi connectivity index (χ1n) is 26.0. The molecule has 0 aliphatic carbocycles. The van der Waals surface area contributed by atoms with E-state index in [1.807, 2.05) is 33.8 Å². The van der Waals surface area contributed by atoms with E-state index in [0.29, 0.717) is 19.3 Å². The van der Waals surface area contributed by atoms with Crippen LogP contribution in [0.3, 0.4) is 0 Å². The molecule has 6 unspecified atom stereocenters. The lowest BCUT2D eigenvalue weighted by Crippen LogP contribution is -2.51. The molecule has 6 N–H and O–H groups in total. The molecule has 0 aliphatic heterocycles. The molecule has 20 heteroatoms. The molecule has 75 heavy (non-hydrogen) atoms. The van der Waals surface area contributed by atoms with Gasteiger partial charge in [-0.05, 0) is 68.4 Å². The second-order valence-electron chi connectivity index (χ2n) is 19.8. The summed E-state index contributed by atoms with van der Waals surface area (Å²) in [4.78, 5) is 157. The van der Waals surface area contributed by atoms with E-state index in [-0.39, 0.29) is 114 Å². The molecular weight excluding hydrogens is 978 g/mol. The number of carbonyl (C=O) groups is 12. The highest BCUT2D eigenvalue weighted by atomic mass is 31.1. The van der Waals surface area contributed by atoms with Crippen molar-refractivity contribution < 1.29 is 57.5 Å². The predicted octanol–water partition coefficient (Wildman–Crippen LogP) is 4.26. The van der Waals surface area contributed by atoms with Gasteiger partial charge in [0.2, 0.25) is 35.4 Å². The van der Waals surface area contributed by atoms with Gasteiger partial charge in [-0.1, -0.05) is 111 Å². The average Bonchev–Trinajstić information content (AvgIpc) is 3.36. The van der Waals surface area contributed by atoms with Gasteiger partial charge in [-0.25, -0.2) is 0 Å². The van der Waals surface area contributed by atoms with Crippen molar-refractivity contribution >= 4 is 85.3 Å². The fraction of sp³-hybridized carbons (Fsp3) is 0.564. The molecule has 0 saturated carbocycles. The average molecular weight is 1060 g/mol. The highest BCUT2D eigenvalue weighted by Gasteiger charge is 2.31. The maximum absolute atomic E-state index is 13.9. The van der Waals surface area contributed by atoms with Gasteiger partial charge in [-0.3, -0.25) is 52.7 Å². The van der Waals surface area contributed by atoms with Crippen molar-refractivity contribution in [3.63, 3.8) is 0 Å². The van der Waals surface area contributed by atoms with E-state index in [1.165, 1.54) is 6.92 Å². The largest absolute Gasteiger partial charge is 0.349 e. The zero-order valence-corrected chi connectivity index (χ0v) is 45.8. The van der Waals surface area contributed by atoms with E-state index in [9.17, 15) is 57.5 Å². The van der Waals surface area contributed by atoms with Crippen molar-refractivity contribution in [3.05, 3.63) is 71.8 Å². The molecule has 0 saturated heterocycles. The number of ketones is 5. The Kier molecular flexibility index (Phi) is 31.0. The van der Waals surface area contributed by atoms with Crippen LogP contribution >= 0.6 is 8.46 Å². The van der Waals surface area contributed by atoms with Crippen LogP contribution in [0.1, 0.15) is 130 Å². The molecule has 0 spiro atoms. The maximum atomic E-state index is 13.9. The zero-order valence-electron chi connectivity index (χ0n) is 44.8. The van der Waals surface area contributed by atoms with E-state index in [2.05, 4.69) is 31.9 Å². The Morgan fingerprint density at radius 3 is 1.41 bits per heavy atom. The molecular formula is C55H79BN6O12P. The second-order valence-corrected chi connectivity index (χ2v) is 21.2. The van der Waals surface area contributed by atoms with Gasteiger partial charge in [0.05, 0.1) is 31.7 Å². The lowest BCUT2D eigenvalue weighted by atomic mass is 9.91. The van der Waals surface area contributed by atoms with Crippen LogP contribution in [0.2, 0.25) is 6.82 Å². The molecule has 0 aromatic heterocycles. The van der Waals surface area contributed by atoms with Crippen molar-refractivity contribution in [1.82, 2.24) is 31.9 Å². The normalized spacial score (nSPS) is 13.1. The lowest BCUT2D eigenvalue weighted by molar-refractivity contribution is -0.133. The number of hydrogen-bond acceptors (Lipinski definition) is 12. The fourth-order valence-corrected chi connectivity index (χ4v) is 8.66. The molecule has 18 nitrogen and oxygen atoms in total. The quantitative estimate of drug-likeness (QED) is 0.0405. The Hall–Kier alpha value is -6.23. The number of hydrogen-bond donors (Lipinski definition) is 6. The Labute approximate surface area is 444 Å². The summed E-state index contributed by atoms with van der Waals surface area (Å²) in [6, 6.07) is 14.8. The second kappa shape index (κ2) is 35.9. The standard InChI is InChI=1S/C55H79BN6O12P/c1-8-15-49(68)58-34-51(70)60-44(55(74)59-33-43(65)31-41(29-39-18-13-10-14-19-39)54(73)61-45(26-35(2)3)47(66)22-20-37(6)63)21-24-50(69)57-32-42(64)30-40(28-38-16-11-9-12-17-38)53(72)62-46(27-36(4)5)48(67)23-25-52(71)75-56-7/h9-14,16-19,35-36,40-41,44-46,75H,8,15,20-34H2,1-7H3,(H,57,69)(H,58,68)(H,59,74)(H,60,70)(H,61,73)(H,62,72). The van der Waals surface area contributed by atoms with Crippen molar-refractivity contribution in [2.75, 3.05) is 19.6 Å². The zero-order chi connectivity index (χ0) is 55.9. The van der Waals surface area contributed by atoms with Gasteiger partial charge in [0.15, 0.2) is 23.1 Å². The Balaban J connectivity index is 2.21. The molecule has 6 amide bonds. The van der Waals surface area contributed by atoms with Crippen molar-refractivity contribution in [3.8, 4) is 0 Å². The monoisotopic (exact) mass is 1060 g/mol. The van der Waals surface area contributed by atoms with E-state index in [4.69, 9.17) is 0 Å². The Morgan fingerprint density at radius 1 is 0.507 bits per heavy atom. The van der Waals surface area contributed by atoms with Crippen molar-refractivity contribution in [2.24, 2.45) is 23.7 Å². The van der Waals surface area contributed by atoms with Crippen LogP contribution in [0.4, 0.5) is 0 Å². The van der Waals surface area contributed by atoms with Crippen LogP contribution in [0, 0.1) is 23.7 Å². The maximum Gasteiger partial charge on any atom is 0.242 e. The number of benzene rings is 2. The van der Waals surface area contributed by atoms with E-state index >= 15 is 0 Å². The summed E-state index contributed by atoms with van der Waals surface area (Å²) < 4.78 is 0. The summed E-state index contributed by atoms with van der Waals surface area (Å²) in [7, 11) is -0.0184. The lowest BCUT2D eigenvalue weighted by Gasteiger charge is -2.23. The topological polar surface area (TPSA) is 277 Å². The van der Waals surface area contributed by atoms with E-state index in [0.717, 1.165) is 11.1 Å². The molecule has 2 rings (SSSR count). The molecule has 2 aromatic rings. The molecule has 0 bridgehead atoms. The number of rotatable bonds is 39. The fourth-order valence-electron chi connectivity index (χ4n) is 8.07. The molecule has 6 atom stereocenters. The first-order valence-corrected chi connectivity index (χ1v) is 27.1. The van der Waals surface area contributed by atoms with Gasteiger partial charge in [-0.2, -0.15) is 0 Å². The first kappa shape index (κ1) is 64.9. The van der Waals surface area contributed by atoms with E-state index < -0.39 is 96.6 Å². The predicted molar refractivity (Wildman–Crippen MR) is 288 cm³/mol. The van der Waals surface area contributed by atoms with E-state index in [1.54, 1.807) is 75.3 Å². The van der Waals surface area contributed by atoms with Gasteiger partial charge in [0.25, 0.3) is 0 Å². The SMILES string of the molecule is C[B]PC(=O)CCC(=O)C(CC(C)C)NC(=O)C(CC(=O)CNC(=O)CCC(NC(=O)CNC(=O)CCC)C(=O)NCC(=O)CC(Cc1ccccc1)C(=O)NC(CC(C)C)C(=O)CCC(C)=O)Cc1ccccc1. The minimum atomic E-state index is -1.39. The summed E-state index contributed by atoms with van der Waals surface area (Å²) >= 11 is 0. The molecule has 0 heterocycles. The highest BCUT2D eigenvalue weighted by molar-refractivity contribution is 7.84. The highest BCUT2D eigenvalue weighted by Crippen LogP contribution is 2.19. The van der Waals surface area contributed by atoms with Crippen LogP contribution in [0.15, 0.2) is 60.7 Å². The summed E-state index contributed by atoms with van der Waals surface area (Å²) in [6.07, 6.45) is 0.326. The summed E-state index contributed by atoms with van der Waals surface area (Å²) in [5.41, 5.74) is 1.45. The summed E-state index contributed by atoms with van der Waals surface area (Å²) in [6.45, 7) is 12.7. The van der Waals surface area contributed by atoms with Gasteiger partial charge in [0, 0.05) is 63.2 Å². The molecule has 0 aliphatic rings. The minimum Gasteiger partial charge on any atom is -0.349 e. The van der Waals surface area contributed by atoms with Crippen LogP contribution in [-0.2, 0) is 70.4 Å².